The van der Waals surface area contributed by atoms with Crippen LogP contribution in [0.15, 0.2) is 66.9 Å². The molecule has 136 valence electrons. The summed E-state index contributed by atoms with van der Waals surface area (Å²) in [5, 5.41) is 5.97. The number of rotatable bonds is 5. The molecule has 1 amide bonds. The number of ether oxygens (including phenoxy) is 1. The Morgan fingerprint density at radius 2 is 1.78 bits per heavy atom. The number of para-hydroxylation sites is 1. The highest BCUT2D eigenvalue weighted by Crippen LogP contribution is 2.19. The van der Waals surface area contributed by atoms with E-state index in [1.807, 2.05) is 31.2 Å². The van der Waals surface area contributed by atoms with Crippen LogP contribution in [0.5, 0.6) is 0 Å². The average molecular weight is 361 g/mol. The summed E-state index contributed by atoms with van der Waals surface area (Å²) in [4.78, 5) is 28.3. The number of pyridine rings is 1. The zero-order valence-corrected chi connectivity index (χ0v) is 15.0. The molecule has 0 aliphatic heterocycles. The summed E-state index contributed by atoms with van der Waals surface area (Å²) in [6.07, 6.45) is 1.50. The van der Waals surface area contributed by atoms with E-state index in [0.29, 0.717) is 22.6 Å². The number of nitrogens with one attached hydrogen (secondary N) is 2. The molecule has 6 nitrogen and oxygen atoms in total. The van der Waals surface area contributed by atoms with E-state index in [2.05, 4.69) is 20.4 Å². The van der Waals surface area contributed by atoms with Gasteiger partial charge in [0.05, 0.1) is 18.2 Å². The number of carbonyl (C=O) groups excluding carboxylic acids is 2. The van der Waals surface area contributed by atoms with Crippen LogP contribution in [0.3, 0.4) is 0 Å². The third kappa shape index (κ3) is 4.49. The highest BCUT2D eigenvalue weighted by atomic mass is 16.5. The molecule has 0 unspecified atom stereocenters. The zero-order chi connectivity index (χ0) is 19.2. The highest BCUT2D eigenvalue weighted by Gasteiger charge is 2.10. The van der Waals surface area contributed by atoms with Crippen molar-refractivity contribution in [2.24, 2.45) is 0 Å². The van der Waals surface area contributed by atoms with E-state index in [1.54, 1.807) is 36.4 Å². The number of hydrogen-bond donors (Lipinski definition) is 2. The summed E-state index contributed by atoms with van der Waals surface area (Å²) in [5.74, 6) is -0.125. The van der Waals surface area contributed by atoms with Crippen LogP contribution in [-0.2, 0) is 4.74 Å². The molecule has 0 aliphatic rings. The second-order valence-electron chi connectivity index (χ2n) is 5.90. The minimum Gasteiger partial charge on any atom is -0.465 e. The number of benzene rings is 2. The maximum atomic E-state index is 12.4. The average Bonchev–Trinajstić information content (AvgIpc) is 2.70. The zero-order valence-electron chi connectivity index (χ0n) is 15.0. The minimum absolute atomic E-state index is 0.313. The topological polar surface area (TPSA) is 80.3 Å². The third-order valence-electron chi connectivity index (χ3n) is 3.98. The molecule has 27 heavy (non-hydrogen) atoms. The number of nitrogens with zero attached hydrogens (tertiary/aromatic N) is 1. The fourth-order valence-electron chi connectivity index (χ4n) is 2.50. The molecule has 1 heterocycles. The van der Waals surface area contributed by atoms with E-state index in [0.717, 1.165) is 11.3 Å². The molecule has 2 aromatic carbocycles. The number of aromatic nitrogens is 1. The van der Waals surface area contributed by atoms with Crippen molar-refractivity contribution in [2.45, 2.75) is 6.92 Å². The maximum absolute atomic E-state index is 12.4. The third-order valence-corrected chi connectivity index (χ3v) is 3.98. The first-order valence-electron chi connectivity index (χ1n) is 8.35. The van der Waals surface area contributed by atoms with Gasteiger partial charge in [0.15, 0.2) is 0 Å². The summed E-state index contributed by atoms with van der Waals surface area (Å²) in [6.45, 7) is 2.01. The van der Waals surface area contributed by atoms with Gasteiger partial charge in [-0.15, -0.1) is 0 Å². The SMILES string of the molecule is COC(=O)c1cccc(NC(=O)c2ccc(Nc3ccccc3C)nc2)c1. The van der Waals surface area contributed by atoms with E-state index >= 15 is 0 Å². The van der Waals surface area contributed by atoms with E-state index in [9.17, 15) is 9.59 Å². The summed E-state index contributed by atoms with van der Waals surface area (Å²) in [5.41, 5.74) is 3.35. The molecule has 0 fully saturated rings. The lowest BCUT2D eigenvalue weighted by Gasteiger charge is -2.10. The Balaban J connectivity index is 1.69. The molecule has 1 aromatic heterocycles. The van der Waals surface area contributed by atoms with Gasteiger partial charge in [-0.2, -0.15) is 0 Å². The lowest BCUT2D eigenvalue weighted by molar-refractivity contribution is 0.0600. The summed E-state index contributed by atoms with van der Waals surface area (Å²) >= 11 is 0. The van der Waals surface area contributed by atoms with Gasteiger partial charge in [0.25, 0.3) is 5.91 Å². The van der Waals surface area contributed by atoms with Gasteiger partial charge >= 0.3 is 5.97 Å². The number of hydrogen-bond acceptors (Lipinski definition) is 5. The van der Waals surface area contributed by atoms with E-state index in [-0.39, 0.29) is 5.91 Å². The number of esters is 1. The Morgan fingerprint density at radius 3 is 2.48 bits per heavy atom. The molecule has 2 N–H and O–H groups in total. The summed E-state index contributed by atoms with van der Waals surface area (Å²) in [6, 6.07) is 17.9. The van der Waals surface area contributed by atoms with Crippen LogP contribution in [0.2, 0.25) is 0 Å². The van der Waals surface area contributed by atoms with Gasteiger partial charge < -0.3 is 15.4 Å². The smallest absolute Gasteiger partial charge is 0.337 e. The van der Waals surface area contributed by atoms with Gasteiger partial charge in [0.1, 0.15) is 5.82 Å². The summed E-state index contributed by atoms with van der Waals surface area (Å²) in [7, 11) is 1.31. The molecule has 0 radical (unpaired) electrons. The quantitative estimate of drug-likeness (QED) is 0.667. The van der Waals surface area contributed by atoms with Crippen molar-refractivity contribution in [3.63, 3.8) is 0 Å². The standard InChI is InChI=1S/C21H19N3O3/c1-14-6-3-4-9-18(14)24-19-11-10-16(13-22-19)20(25)23-17-8-5-7-15(12-17)21(26)27-2/h3-13H,1-2H3,(H,22,24)(H,23,25). The number of methoxy groups -OCH3 is 1. The number of aryl methyl sites for hydroxylation is 1. The largest absolute Gasteiger partial charge is 0.465 e. The predicted octanol–water partition coefficient (Wildman–Crippen LogP) is 4.17. The van der Waals surface area contributed by atoms with Gasteiger partial charge in [0, 0.05) is 17.6 Å². The Kier molecular flexibility index (Phi) is 5.47. The number of amides is 1. The van der Waals surface area contributed by atoms with Crippen molar-refractivity contribution in [1.29, 1.82) is 0 Å². The van der Waals surface area contributed by atoms with Gasteiger partial charge in [-0.3, -0.25) is 4.79 Å². The van der Waals surface area contributed by atoms with Crippen LogP contribution in [-0.4, -0.2) is 24.0 Å². The lowest BCUT2D eigenvalue weighted by atomic mass is 10.2. The number of anilines is 3. The van der Waals surface area contributed by atoms with Crippen molar-refractivity contribution in [2.75, 3.05) is 17.7 Å². The molecule has 0 spiro atoms. The second-order valence-corrected chi connectivity index (χ2v) is 5.90. The second kappa shape index (κ2) is 8.14. The first-order chi connectivity index (χ1) is 13.1. The van der Waals surface area contributed by atoms with Crippen molar-refractivity contribution in [3.05, 3.63) is 83.6 Å². The van der Waals surface area contributed by atoms with Crippen molar-refractivity contribution >= 4 is 29.1 Å². The van der Waals surface area contributed by atoms with Gasteiger partial charge in [-0.05, 0) is 48.9 Å². The van der Waals surface area contributed by atoms with E-state index in [1.165, 1.54) is 13.3 Å². The van der Waals surface area contributed by atoms with Gasteiger partial charge in [0.2, 0.25) is 0 Å². The van der Waals surface area contributed by atoms with Crippen LogP contribution in [0.25, 0.3) is 0 Å². The van der Waals surface area contributed by atoms with Gasteiger partial charge in [-0.25, -0.2) is 9.78 Å². The number of carbonyl (C=O) groups is 2. The Bertz CT molecular complexity index is 968. The molecule has 0 saturated carbocycles. The van der Waals surface area contributed by atoms with Crippen molar-refractivity contribution in [1.82, 2.24) is 4.98 Å². The molecule has 3 rings (SSSR count). The monoisotopic (exact) mass is 361 g/mol. The lowest BCUT2D eigenvalue weighted by Crippen LogP contribution is -2.13. The molecular formula is C21H19N3O3. The Hall–Kier alpha value is -3.67. The van der Waals surface area contributed by atoms with E-state index in [4.69, 9.17) is 0 Å². The van der Waals surface area contributed by atoms with Crippen LogP contribution in [0, 0.1) is 6.92 Å². The van der Waals surface area contributed by atoms with Crippen LogP contribution in [0.1, 0.15) is 26.3 Å². The predicted molar refractivity (Wildman–Crippen MR) is 104 cm³/mol. The molecule has 0 bridgehead atoms. The normalized spacial score (nSPS) is 10.1. The van der Waals surface area contributed by atoms with Crippen molar-refractivity contribution in [3.8, 4) is 0 Å². The molecule has 0 aliphatic carbocycles. The van der Waals surface area contributed by atoms with Crippen LogP contribution >= 0.6 is 0 Å². The maximum Gasteiger partial charge on any atom is 0.337 e. The fourth-order valence-corrected chi connectivity index (χ4v) is 2.50. The summed E-state index contributed by atoms with van der Waals surface area (Å²) < 4.78 is 4.68. The molecule has 0 saturated heterocycles. The van der Waals surface area contributed by atoms with Crippen LogP contribution in [0.4, 0.5) is 17.2 Å². The molecule has 6 heteroatoms. The first kappa shape index (κ1) is 18.1. The fraction of sp³-hybridized carbons (Fsp3) is 0.0952. The van der Waals surface area contributed by atoms with Crippen LogP contribution < -0.4 is 10.6 Å². The first-order valence-corrected chi connectivity index (χ1v) is 8.35. The van der Waals surface area contributed by atoms with Crippen molar-refractivity contribution < 1.29 is 14.3 Å². The van der Waals surface area contributed by atoms with Gasteiger partial charge in [-0.1, -0.05) is 24.3 Å². The molecule has 3 aromatic rings. The Labute approximate surface area is 157 Å². The molecule has 0 atom stereocenters. The Morgan fingerprint density at radius 1 is 0.963 bits per heavy atom. The minimum atomic E-state index is -0.459. The highest BCUT2D eigenvalue weighted by molar-refractivity contribution is 6.04. The molecular weight excluding hydrogens is 342 g/mol. The van der Waals surface area contributed by atoms with E-state index < -0.39 is 5.97 Å².